The van der Waals surface area contributed by atoms with E-state index >= 15 is 0 Å². The van der Waals surface area contributed by atoms with Crippen LogP contribution in [0.4, 0.5) is 0 Å². The third-order valence-electron chi connectivity index (χ3n) is 4.49. The molecule has 0 aliphatic heterocycles. The summed E-state index contributed by atoms with van der Waals surface area (Å²) in [4.78, 5) is 0. The van der Waals surface area contributed by atoms with Gasteiger partial charge in [0, 0.05) is 6.42 Å². The van der Waals surface area contributed by atoms with Crippen LogP contribution in [0, 0.1) is 0 Å². The minimum atomic E-state index is -1.51. The van der Waals surface area contributed by atoms with Gasteiger partial charge in [-0.15, -0.1) is 6.58 Å². The van der Waals surface area contributed by atoms with Crippen molar-refractivity contribution in [1.29, 1.82) is 0 Å². The van der Waals surface area contributed by atoms with Gasteiger partial charge in [-0.25, -0.2) is 0 Å². The molecule has 0 radical (unpaired) electrons. The average Bonchev–Trinajstić information content (AvgIpc) is 2.64. The molecule has 0 saturated carbocycles. The van der Waals surface area contributed by atoms with E-state index in [2.05, 4.69) is 40.9 Å². The van der Waals surface area contributed by atoms with E-state index in [1.807, 2.05) is 6.08 Å². The summed E-state index contributed by atoms with van der Waals surface area (Å²) in [6.45, 7) is 17.1. The van der Waals surface area contributed by atoms with E-state index in [-0.39, 0.29) is 0 Å². The molecule has 0 aromatic rings. The maximum atomic E-state index is 6.59. The number of allylic oxidation sites excluding steroid dienone is 2. The highest BCUT2D eigenvalue weighted by atomic mass is 28.4. The highest BCUT2D eigenvalue weighted by Gasteiger charge is 2.35. The summed E-state index contributed by atoms with van der Waals surface area (Å²) < 4.78 is 6.59. The van der Waals surface area contributed by atoms with Crippen molar-refractivity contribution in [2.24, 2.45) is 0 Å². The standard InChI is InChI=1S/C16H28OSi/c1-7-11-15-13(5)12-16(14(15)6)17-18(8-2,9-3)10-4/h7,16H,1,5,8-12H2,2-4,6H3/t16-/m0/s1. The molecule has 1 atom stereocenters. The predicted octanol–water partition coefficient (Wildman–Crippen LogP) is 5.23. The van der Waals surface area contributed by atoms with Crippen LogP contribution < -0.4 is 0 Å². The second-order valence-corrected chi connectivity index (χ2v) is 10.0. The summed E-state index contributed by atoms with van der Waals surface area (Å²) in [5.74, 6) is 0. The first-order valence-electron chi connectivity index (χ1n) is 7.20. The van der Waals surface area contributed by atoms with E-state index in [4.69, 9.17) is 4.43 Å². The molecule has 1 nitrogen and oxygen atoms in total. The van der Waals surface area contributed by atoms with E-state index in [1.165, 1.54) is 34.9 Å². The van der Waals surface area contributed by atoms with Gasteiger partial charge in [-0.05, 0) is 48.2 Å². The smallest absolute Gasteiger partial charge is 0.192 e. The molecule has 0 spiro atoms. The summed E-state index contributed by atoms with van der Waals surface area (Å²) in [6.07, 6.45) is 4.18. The SMILES string of the molecule is C=CCC1=C(C)[C@@H](O[Si](CC)(CC)CC)CC1=C. The lowest BCUT2D eigenvalue weighted by molar-refractivity contribution is 0.228. The van der Waals surface area contributed by atoms with Crippen LogP contribution in [-0.4, -0.2) is 14.4 Å². The van der Waals surface area contributed by atoms with Gasteiger partial charge >= 0.3 is 0 Å². The van der Waals surface area contributed by atoms with Gasteiger partial charge in [0.2, 0.25) is 0 Å². The molecule has 0 aromatic heterocycles. The average molecular weight is 264 g/mol. The Kier molecular flexibility index (Phi) is 5.61. The Hall–Kier alpha value is -0.603. The number of hydrogen-bond acceptors (Lipinski definition) is 1. The minimum absolute atomic E-state index is 0.291. The van der Waals surface area contributed by atoms with Crippen LogP contribution in [0.2, 0.25) is 18.1 Å². The van der Waals surface area contributed by atoms with Crippen LogP contribution in [0.5, 0.6) is 0 Å². The van der Waals surface area contributed by atoms with E-state index in [1.54, 1.807) is 0 Å². The Morgan fingerprint density at radius 3 is 2.28 bits per heavy atom. The Bertz CT molecular complexity index is 342. The van der Waals surface area contributed by atoms with Crippen LogP contribution in [-0.2, 0) is 4.43 Å². The third kappa shape index (κ3) is 3.04. The van der Waals surface area contributed by atoms with Crippen molar-refractivity contribution in [3.8, 4) is 0 Å². The van der Waals surface area contributed by atoms with Crippen molar-refractivity contribution in [2.45, 2.75) is 64.8 Å². The first kappa shape index (κ1) is 15.5. The minimum Gasteiger partial charge on any atom is -0.410 e. The summed E-state index contributed by atoms with van der Waals surface area (Å²) in [6, 6.07) is 3.65. The molecule has 2 heteroatoms. The molecular formula is C16H28OSi. The van der Waals surface area contributed by atoms with Crippen LogP contribution in [0.1, 0.15) is 40.5 Å². The number of rotatable bonds is 7. The van der Waals surface area contributed by atoms with Crippen LogP contribution in [0.15, 0.2) is 36.0 Å². The third-order valence-corrected chi connectivity index (χ3v) is 9.14. The van der Waals surface area contributed by atoms with Crippen molar-refractivity contribution in [1.82, 2.24) is 0 Å². The highest BCUT2D eigenvalue weighted by molar-refractivity contribution is 6.73. The molecule has 1 aliphatic carbocycles. The quantitative estimate of drug-likeness (QED) is 0.452. The largest absolute Gasteiger partial charge is 0.410 e. The molecule has 0 saturated heterocycles. The molecule has 0 unspecified atom stereocenters. The topological polar surface area (TPSA) is 9.23 Å². The van der Waals surface area contributed by atoms with E-state index in [0.29, 0.717) is 6.10 Å². The second-order valence-electron chi connectivity index (χ2n) is 5.31. The highest BCUT2D eigenvalue weighted by Crippen LogP contribution is 2.37. The molecule has 1 rings (SSSR count). The van der Waals surface area contributed by atoms with Crippen LogP contribution >= 0.6 is 0 Å². The first-order chi connectivity index (χ1) is 8.53. The lowest BCUT2D eigenvalue weighted by Crippen LogP contribution is -2.39. The van der Waals surface area contributed by atoms with Gasteiger partial charge in [0.05, 0.1) is 6.10 Å². The van der Waals surface area contributed by atoms with E-state index in [9.17, 15) is 0 Å². The van der Waals surface area contributed by atoms with E-state index in [0.717, 1.165) is 12.8 Å². The number of hydrogen-bond donors (Lipinski definition) is 0. The Balaban J connectivity index is 2.86. The fourth-order valence-corrected chi connectivity index (χ4v) is 5.72. The van der Waals surface area contributed by atoms with Crippen molar-refractivity contribution < 1.29 is 4.43 Å². The predicted molar refractivity (Wildman–Crippen MR) is 83.3 cm³/mol. The van der Waals surface area contributed by atoms with Gasteiger partial charge < -0.3 is 4.43 Å². The second kappa shape index (κ2) is 6.53. The van der Waals surface area contributed by atoms with Crippen molar-refractivity contribution in [2.75, 3.05) is 0 Å². The van der Waals surface area contributed by atoms with Crippen molar-refractivity contribution >= 4 is 8.32 Å². The maximum Gasteiger partial charge on any atom is 0.192 e. The molecule has 0 bridgehead atoms. The summed E-state index contributed by atoms with van der Waals surface area (Å²) >= 11 is 0. The molecule has 1 aliphatic rings. The molecule has 18 heavy (non-hydrogen) atoms. The molecule has 102 valence electrons. The monoisotopic (exact) mass is 264 g/mol. The zero-order chi connectivity index (χ0) is 13.8. The van der Waals surface area contributed by atoms with Gasteiger partial charge in [0.1, 0.15) is 0 Å². The molecule has 0 heterocycles. The molecule has 0 fully saturated rings. The zero-order valence-corrected chi connectivity index (χ0v) is 13.5. The maximum absolute atomic E-state index is 6.59. The van der Waals surface area contributed by atoms with Gasteiger partial charge in [0.15, 0.2) is 8.32 Å². The fourth-order valence-electron chi connectivity index (χ4n) is 2.85. The lowest BCUT2D eigenvalue weighted by atomic mass is 10.1. The van der Waals surface area contributed by atoms with E-state index < -0.39 is 8.32 Å². The summed E-state index contributed by atoms with van der Waals surface area (Å²) in [7, 11) is -1.51. The lowest BCUT2D eigenvalue weighted by Gasteiger charge is -2.32. The Labute approximate surface area is 114 Å². The van der Waals surface area contributed by atoms with Crippen molar-refractivity contribution in [3.05, 3.63) is 36.0 Å². The summed E-state index contributed by atoms with van der Waals surface area (Å²) in [5.41, 5.74) is 4.02. The first-order valence-corrected chi connectivity index (χ1v) is 9.73. The molecule has 0 N–H and O–H groups in total. The van der Waals surface area contributed by atoms with Crippen molar-refractivity contribution in [3.63, 3.8) is 0 Å². The van der Waals surface area contributed by atoms with Gasteiger partial charge in [-0.1, -0.05) is 33.4 Å². The Morgan fingerprint density at radius 2 is 1.83 bits per heavy atom. The van der Waals surface area contributed by atoms with Gasteiger partial charge in [-0.2, -0.15) is 0 Å². The molecular weight excluding hydrogens is 236 g/mol. The molecule has 0 aromatic carbocycles. The zero-order valence-electron chi connectivity index (χ0n) is 12.5. The fraction of sp³-hybridized carbons (Fsp3) is 0.625. The molecule has 0 amide bonds. The van der Waals surface area contributed by atoms with Crippen LogP contribution in [0.3, 0.4) is 0 Å². The van der Waals surface area contributed by atoms with Gasteiger partial charge in [-0.3, -0.25) is 0 Å². The summed E-state index contributed by atoms with van der Waals surface area (Å²) in [5, 5.41) is 0. The van der Waals surface area contributed by atoms with Gasteiger partial charge in [0.25, 0.3) is 0 Å². The van der Waals surface area contributed by atoms with Crippen LogP contribution in [0.25, 0.3) is 0 Å². The normalized spacial score (nSPS) is 20.7. The Morgan fingerprint density at radius 1 is 1.28 bits per heavy atom.